The molecule has 0 saturated carbocycles. The van der Waals surface area contributed by atoms with E-state index in [0.29, 0.717) is 25.3 Å². The molecule has 2 aromatic rings. The summed E-state index contributed by atoms with van der Waals surface area (Å²) in [6.07, 6.45) is 1.02. The lowest BCUT2D eigenvalue weighted by atomic mass is 10.1. The van der Waals surface area contributed by atoms with Crippen LogP contribution in [0.25, 0.3) is 0 Å². The molecule has 6 heteroatoms. The lowest BCUT2D eigenvalue weighted by Gasteiger charge is -2.34. The zero-order chi connectivity index (χ0) is 20.5. The van der Waals surface area contributed by atoms with Crippen molar-refractivity contribution in [2.75, 3.05) is 45.9 Å². The first-order chi connectivity index (χ1) is 14.2. The fourth-order valence-electron chi connectivity index (χ4n) is 3.39. The van der Waals surface area contributed by atoms with Crippen molar-refractivity contribution in [1.29, 1.82) is 0 Å². The number of hydrogen-bond acceptors (Lipinski definition) is 4. The molecule has 0 spiro atoms. The number of benzene rings is 2. The Hall–Kier alpha value is -2.86. The number of piperazine rings is 1. The van der Waals surface area contributed by atoms with Gasteiger partial charge in [-0.3, -0.25) is 14.5 Å². The molecule has 0 radical (unpaired) electrons. The first kappa shape index (κ1) is 20.9. The minimum atomic E-state index is -0.247. The van der Waals surface area contributed by atoms with Crippen molar-refractivity contribution in [3.05, 3.63) is 65.7 Å². The zero-order valence-corrected chi connectivity index (χ0v) is 17.0. The molecule has 1 N–H and O–H groups in total. The molecule has 2 amide bonds. The Morgan fingerprint density at radius 1 is 0.966 bits per heavy atom. The highest BCUT2D eigenvalue weighted by molar-refractivity contribution is 5.96. The van der Waals surface area contributed by atoms with Crippen LogP contribution in [0.1, 0.15) is 22.8 Å². The van der Waals surface area contributed by atoms with Crippen molar-refractivity contribution in [3.63, 3.8) is 0 Å². The van der Waals surface area contributed by atoms with E-state index in [9.17, 15) is 9.59 Å². The Balaban J connectivity index is 1.37. The highest BCUT2D eigenvalue weighted by Crippen LogP contribution is 2.12. The van der Waals surface area contributed by atoms with Gasteiger partial charge in [-0.25, -0.2) is 0 Å². The second-order valence-corrected chi connectivity index (χ2v) is 7.10. The van der Waals surface area contributed by atoms with Gasteiger partial charge in [0.25, 0.3) is 5.91 Å². The Bertz CT molecular complexity index is 785. The standard InChI is InChI=1S/C23H29N3O3/c1-2-29-21-10-8-20(9-11-21)23(28)24-18-22(27)26-16-14-25(15-17-26)13-12-19-6-4-3-5-7-19/h3-11H,2,12-18H2,1H3,(H,24,28). The third kappa shape index (κ3) is 6.32. The van der Waals surface area contributed by atoms with Crippen LogP contribution in [0.3, 0.4) is 0 Å². The van der Waals surface area contributed by atoms with Crippen LogP contribution in [0.5, 0.6) is 5.75 Å². The largest absolute Gasteiger partial charge is 0.494 e. The number of carbonyl (C=O) groups excluding carboxylic acids is 2. The molecule has 1 heterocycles. The van der Waals surface area contributed by atoms with E-state index >= 15 is 0 Å². The molecule has 0 aliphatic carbocycles. The van der Waals surface area contributed by atoms with E-state index in [-0.39, 0.29) is 18.4 Å². The van der Waals surface area contributed by atoms with Crippen LogP contribution >= 0.6 is 0 Å². The molecular weight excluding hydrogens is 366 g/mol. The molecule has 3 rings (SSSR count). The predicted octanol–water partition coefficient (Wildman–Crippen LogP) is 2.20. The van der Waals surface area contributed by atoms with E-state index in [1.165, 1.54) is 5.56 Å². The van der Waals surface area contributed by atoms with Gasteiger partial charge in [0.15, 0.2) is 0 Å². The summed E-state index contributed by atoms with van der Waals surface area (Å²) in [4.78, 5) is 28.9. The summed E-state index contributed by atoms with van der Waals surface area (Å²) < 4.78 is 5.37. The second kappa shape index (κ2) is 10.6. The molecule has 6 nitrogen and oxygen atoms in total. The van der Waals surface area contributed by atoms with Crippen LogP contribution in [0.2, 0.25) is 0 Å². The SMILES string of the molecule is CCOc1ccc(C(=O)NCC(=O)N2CCN(CCc3ccccc3)CC2)cc1. The quantitative estimate of drug-likeness (QED) is 0.744. The summed E-state index contributed by atoms with van der Waals surface area (Å²) in [6, 6.07) is 17.4. The minimum absolute atomic E-state index is 0.0239. The molecule has 1 aliphatic heterocycles. The molecule has 0 atom stereocenters. The molecule has 154 valence electrons. The third-order valence-corrected chi connectivity index (χ3v) is 5.11. The van der Waals surface area contributed by atoms with Gasteiger partial charge in [-0.1, -0.05) is 30.3 Å². The first-order valence-electron chi connectivity index (χ1n) is 10.2. The summed E-state index contributed by atoms with van der Waals surface area (Å²) in [5.74, 6) is 0.445. The van der Waals surface area contributed by atoms with Crippen molar-refractivity contribution in [2.24, 2.45) is 0 Å². The summed E-state index contributed by atoms with van der Waals surface area (Å²) >= 11 is 0. The van der Waals surface area contributed by atoms with E-state index in [1.807, 2.05) is 17.9 Å². The average molecular weight is 396 g/mol. The van der Waals surface area contributed by atoms with Gasteiger partial charge in [-0.2, -0.15) is 0 Å². The van der Waals surface area contributed by atoms with Gasteiger partial charge in [-0.05, 0) is 43.2 Å². The fourth-order valence-corrected chi connectivity index (χ4v) is 3.39. The zero-order valence-electron chi connectivity index (χ0n) is 17.0. The Kier molecular flexibility index (Phi) is 7.64. The Morgan fingerprint density at radius 3 is 2.31 bits per heavy atom. The molecule has 0 unspecified atom stereocenters. The highest BCUT2D eigenvalue weighted by Gasteiger charge is 2.21. The van der Waals surface area contributed by atoms with Crippen molar-refractivity contribution in [3.8, 4) is 5.75 Å². The van der Waals surface area contributed by atoms with Gasteiger partial charge in [-0.15, -0.1) is 0 Å². The Labute approximate surface area is 172 Å². The molecule has 0 bridgehead atoms. The van der Waals surface area contributed by atoms with Crippen molar-refractivity contribution in [1.82, 2.24) is 15.1 Å². The summed E-state index contributed by atoms with van der Waals surface area (Å²) in [5, 5.41) is 2.72. The summed E-state index contributed by atoms with van der Waals surface area (Å²) in [5.41, 5.74) is 1.86. The van der Waals surface area contributed by atoms with Gasteiger partial charge < -0.3 is 15.0 Å². The van der Waals surface area contributed by atoms with Gasteiger partial charge in [0.05, 0.1) is 13.2 Å². The topological polar surface area (TPSA) is 61.9 Å². The second-order valence-electron chi connectivity index (χ2n) is 7.10. The molecule has 1 saturated heterocycles. The highest BCUT2D eigenvalue weighted by atomic mass is 16.5. The number of rotatable bonds is 8. The fraction of sp³-hybridized carbons (Fsp3) is 0.391. The van der Waals surface area contributed by atoms with Gasteiger partial charge in [0, 0.05) is 38.3 Å². The minimum Gasteiger partial charge on any atom is -0.494 e. The molecule has 0 aromatic heterocycles. The summed E-state index contributed by atoms with van der Waals surface area (Å²) in [6.45, 7) is 6.65. The van der Waals surface area contributed by atoms with Crippen molar-refractivity contribution in [2.45, 2.75) is 13.3 Å². The molecule has 1 fully saturated rings. The first-order valence-corrected chi connectivity index (χ1v) is 10.2. The van der Waals surface area contributed by atoms with Crippen LogP contribution in [0.15, 0.2) is 54.6 Å². The lowest BCUT2D eigenvalue weighted by Crippen LogP contribution is -2.51. The summed E-state index contributed by atoms with van der Waals surface area (Å²) in [7, 11) is 0. The molecule has 29 heavy (non-hydrogen) atoms. The van der Waals surface area contributed by atoms with Crippen molar-refractivity contribution < 1.29 is 14.3 Å². The van der Waals surface area contributed by atoms with Crippen molar-refractivity contribution >= 4 is 11.8 Å². The smallest absolute Gasteiger partial charge is 0.251 e. The maximum atomic E-state index is 12.4. The Morgan fingerprint density at radius 2 is 1.66 bits per heavy atom. The van der Waals surface area contributed by atoms with E-state index < -0.39 is 0 Å². The van der Waals surface area contributed by atoms with Gasteiger partial charge in [0.2, 0.25) is 5.91 Å². The number of ether oxygens (including phenoxy) is 1. The van der Waals surface area contributed by atoms with Crippen LogP contribution in [-0.2, 0) is 11.2 Å². The van der Waals surface area contributed by atoms with E-state index in [2.05, 4.69) is 34.5 Å². The van der Waals surface area contributed by atoms with E-state index in [1.54, 1.807) is 24.3 Å². The number of nitrogens with zero attached hydrogens (tertiary/aromatic N) is 2. The monoisotopic (exact) mass is 395 g/mol. The molecule has 1 aliphatic rings. The van der Waals surface area contributed by atoms with E-state index in [4.69, 9.17) is 4.74 Å². The lowest BCUT2D eigenvalue weighted by molar-refractivity contribution is -0.131. The third-order valence-electron chi connectivity index (χ3n) is 5.11. The normalized spacial score (nSPS) is 14.4. The van der Waals surface area contributed by atoms with Gasteiger partial charge in [0.1, 0.15) is 5.75 Å². The number of amides is 2. The number of carbonyl (C=O) groups is 2. The average Bonchev–Trinajstić information content (AvgIpc) is 2.77. The molecule has 2 aromatic carbocycles. The maximum Gasteiger partial charge on any atom is 0.251 e. The van der Waals surface area contributed by atoms with E-state index in [0.717, 1.165) is 31.8 Å². The van der Waals surface area contributed by atoms with Crippen LogP contribution in [0.4, 0.5) is 0 Å². The van der Waals surface area contributed by atoms with Crippen LogP contribution in [-0.4, -0.2) is 67.5 Å². The van der Waals surface area contributed by atoms with Crippen LogP contribution < -0.4 is 10.1 Å². The number of hydrogen-bond donors (Lipinski definition) is 1. The predicted molar refractivity (Wildman–Crippen MR) is 113 cm³/mol. The van der Waals surface area contributed by atoms with Gasteiger partial charge >= 0.3 is 0 Å². The molecular formula is C23H29N3O3. The van der Waals surface area contributed by atoms with Crippen LogP contribution in [0, 0.1) is 0 Å². The maximum absolute atomic E-state index is 12.4. The number of nitrogens with one attached hydrogen (secondary N) is 1.